The largest absolute Gasteiger partial charge is 0.572 e. The molecule has 7 aliphatic rings. The maximum Gasteiger partial charge on any atom is 0.572 e. The lowest BCUT2D eigenvalue weighted by molar-refractivity contribution is -0.419. The van der Waals surface area contributed by atoms with Gasteiger partial charge >= 0.3 is 32.2 Å². The summed E-state index contributed by atoms with van der Waals surface area (Å²) in [6.45, 7) is 17.9. The highest BCUT2D eigenvalue weighted by Crippen LogP contribution is 2.59. The summed E-state index contributed by atoms with van der Waals surface area (Å²) in [5, 5.41) is 169. The number of ketones is 1. The molecule has 12 rings (SSSR count). The zero-order valence-corrected chi connectivity index (χ0v) is 83.5. The molecular weight excluding hydrogens is 1990 g/mol. The average Bonchev–Trinajstić information content (AvgIpc) is 1.56. The third-order valence-electron chi connectivity index (χ3n) is 25.9. The fourth-order valence-corrected chi connectivity index (χ4v) is 18.6. The Morgan fingerprint density at radius 1 is 0.658 bits per heavy atom. The monoisotopic (exact) mass is 2120 g/mol. The minimum Gasteiger partial charge on any atom is -0.508 e. The van der Waals surface area contributed by atoms with E-state index in [0.717, 1.165) is 73.1 Å². The van der Waals surface area contributed by atoms with E-state index in [4.69, 9.17) is 82.1 Å². The van der Waals surface area contributed by atoms with Crippen LogP contribution in [-0.2, 0) is 90.7 Å². The second-order valence-electron chi connectivity index (χ2n) is 37.9. The van der Waals surface area contributed by atoms with E-state index >= 15 is 0 Å². The number of aliphatic carboxylic acids is 2. The second kappa shape index (κ2) is 50.4. The van der Waals surface area contributed by atoms with Crippen LogP contribution in [0.15, 0.2) is 132 Å². The Hall–Kier alpha value is -11.8. The van der Waals surface area contributed by atoms with E-state index in [1.807, 2.05) is 6.08 Å². The molecule has 816 valence electrons. The summed E-state index contributed by atoms with van der Waals surface area (Å²) < 4.78 is 90.2. The number of fused-ring (bicyclic) bond motifs is 6. The lowest BCUT2D eigenvalue weighted by Gasteiger charge is -2.51. The van der Waals surface area contributed by atoms with Gasteiger partial charge in [-0.25, -0.2) is 24.0 Å². The molecule has 8 heterocycles. The molecule has 5 saturated heterocycles. The van der Waals surface area contributed by atoms with Gasteiger partial charge in [-0.1, -0.05) is 93.0 Å². The third kappa shape index (κ3) is 28.2. The maximum absolute atomic E-state index is 14.2. The van der Waals surface area contributed by atoms with Gasteiger partial charge < -0.3 is 161 Å². The smallest absolute Gasteiger partial charge is 0.508 e. The minimum absolute atomic E-state index is 0. The molecule has 1 spiro atoms. The van der Waals surface area contributed by atoms with Crippen molar-refractivity contribution < 1.29 is 200 Å². The fraction of sp³-hybridized carbons (Fsp3) is 0.536. The van der Waals surface area contributed by atoms with Crippen LogP contribution in [0.3, 0.4) is 0 Å². The van der Waals surface area contributed by atoms with Gasteiger partial charge in [-0.15, -0.1) is 14.1 Å². The molecule has 5 fully saturated rings. The molecule has 26 atom stereocenters. The standard InChI is InChI=1S/C97H124N9O41P.H2O/c1-43(2)15-14-17-44(3)18-19-46(5)30-33-96(10,11)32-13-12-16-45(4)31-36-133-65(87(125)126)42-134-148(131,132)147-94-81(76(143-95(99)128)48(7)77(138-94)82(98)122)142-90-67(102-50(9)108)70(116)80(93(144-90)145-91-74(120)71(117)69(115)64(41-107)137-91)141-89-47(6)68(114)78(49(8)135-89)139-92-75(121)72(118)73(119)79(140-92)84-103-83(61(111)28-29-66(112)113)104-105(84)52-21-27-60(106(129)130)56(38-52)86(124)101-35-34-100-85(123)51-20-24-57-55(37-51)88(127)146-97(57)58-25-22-53(109)39-62(58)136-63-40-54(110)23-26-59(63)97;/h13,15,18,20-27,31-32,37-40,47-49,64-65,67-81,89-94,107,114-121,131-132H,5,12,14,16-17,19,28-30,33-36,41-42H2,1-4,6-11H3,(H10-,98,99,100,101,102,108,109,110,112,113,122,123,124,125,126,128);1H2/p+1/b32-13+,44-18+,45-31-;/t47?,48?,49?,64?,65-,67?,68?,69?,70?,71?,72?,73?,74?,75?,76?,77?,78?,79?,80?,81?,89?,90?,91?,92?,93?,94?;/m1./s1. The number of nitrogens with zero attached hydrogens (tertiary/aromatic N) is 4. The van der Waals surface area contributed by atoms with Gasteiger partial charge in [-0.05, 0) is 134 Å². The predicted octanol–water partition coefficient (Wildman–Crippen LogP) is 2.48. The van der Waals surface area contributed by atoms with Crippen molar-refractivity contribution in [2.45, 2.75) is 280 Å². The number of allylic oxidation sites excluding steroid dienone is 8. The van der Waals surface area contributed by atoms with Crippen LogP contribution in [0.5, 0.6) is 23.0 Å². The molecule has 5 aromatic rings. The first-order valence-corrected chi connectivity index (χ1v) is 48.9. The number of Topliss-reactive ketones (excluding diaryl/α,β-unsaturated/α-hetero) is 1. The number of carboxylic acid groups (broad SMARTS) is 2. The molecular formula is C97H127N9O42P+. The molecule has 25 unspecified atom stereocenters. The number of carbonyl (C=O) groups excluding carboxylic acids is 7. The summed E-state index contributed by atoms with van der Waals surface area (Å²) in [4.78, 5) is 159. The molecule has 5 amide bonds. The Morgan fingerprint density at radius 3 is 1.91 bits per heavy atom. The number of carboxylic acids is 2. The number of aliphatic hydroxyl groups is 9. The molecule has 24 N–H and O–H groups in total. The number of benzene rings is 4. The molecule has 51 nitrogen and oxygen atoms in total. The first kappa shape index (κ1) is 117. The van der Waals surface area contributed by atoms with Gasteiger partial charge in [0.25, 0.3) is 17.5 Å². The maximum atomic E-state index is 14.2. The van der Waals surface area contributed by atoms with E-state index in [1.54, 1.807) is 13.0 Å². The van der Waals surface area contributed by atoms with Crippen LogP contribution in [0.25, 0.3) is 5.69 Å². The van der Waals surface area contributed by atoms with Crippen molar-refractivity contribution >= 4 is 67.3 Å². The third-order valence-corrected chi connectivity index (χ3v) is 26.9. The molecule has 4 aromatic carbocycles. The van der Waals surface area contributed by atoms with Gasteiger partial charge in [0, 0.05) is 78.7 Å². The summed E-state index contributed by atoms with van der Waals surface area (Å²) in [5.41, 5.74) is 12.9. The van der Waals surface area contributed by atoms with Crippen LogP contribution in [0.1, 0.15) is 197 Å². The lowest BCUT2D eigenvalue weighted by atomic mass is 9.77. The van der Waals surface area contributed by atoms with Crippen LogP contribution in [-0.4, -0.2) is 329 Å². The van der Waals surface area contributed by atoms with Gasteiger partial charge in [0.05, 0.1) is 48.0 Å². The molecule has 0 saturated carbocycles. The second-order valence-corrected chi connectivity index (χ2v) is 39.4. The number of nitrogens with two attached hydrogens (primary N) is 2. The lowest BCUT2D eigenvalue weighted by Crippen LogP contribution is -2.69. The summed E-state index contributed by atoms with van der Waals surface area (Å²) in [5.74, 6) is -14.0. The average molecular weight is 2120 g/mol. The van der Waals surface area contributed by atoms with Crippen molar-refractivity contribution in [1.29, 1.82) is 0 Å². The highest BCUT2D eigenvalue weighted by molar-refractivity contribution is 7.54. The van der Waals surface area contributed by atoms with Crippen molar-refractivity contribution in [2.75, 3.05) is 32.9 Å². The van der Waals surface area contributed by atoms with E-state index in [0.29, 0.717) is 24.0 Å². The van der Waals surface area contributed by atoms with Gasteiger partial charge in [-0.2, -0.15) is 9.79 Å². The molecule has 7 aliphatic heterocycles. The van der Waals surface area contributed by atoms with Crippen LogP contribution >= 0.6 is 8.17 Å². The van der Waals surface area contributed by atoms with Gasteiger partial charge in [0.2, 0.25) is 29.7 Å². The number of amides is 5. The topological polar surface area (TPSA) is 789 Å². The van der Waals surface area contributed by atoms with Crippen molar-refractivity contribution in [3.8, 4) is 28.7 Å². The van der Waals surface area contributed by atoms with Crippen molar-refractivity contribution in [2.24, 2.45) is 28.7 Å². The van der Waals surface area contributed by atoms with Gasteiger partial charge in [0.15, 0.2) is 55.1 Å². The number of carbonyl (C=O) groups is 9. The number of phenols is 2. The number of aromatic nitrogens is 3. The number of aliphatic hydroxyl groups excluding tert-OH is 9. The molecule has 0 bridgehead atoms. The fourth-order valence-electron chi connectivity index (χ4n) is 17.7. The normalized spacial score (nSPS) is 28.5. The Bertz CT molecular complexity index is 5760. The van der Waals surface area contributed by atoms with E-state index in [-0.39, 0.29) is 69.4 Å². The number of nitro groups is 1. The first-order valence-electron chi connectivity index (χ1n) is 47.4. The number of hydrogen-bond donors (Lipinski definition) is 20. The number of primary amides is 2. The highest BCUT2D eigenvalue weighted by atomic mass is 31.2. The summed E-state index contributed by atoms with van der Waals surface area (Å²) in [6.07, 6.45) is -36.4. The Balaban J connectivity index is 0.0000211. The number of nitrogens with one attached hydrogen (secondary N) is 3. The molecule has 149 heavy (non-hydrogen) atoms. The Kier molecular flexibility index (Phi) is 39.8. The molecule has 0 aliphatic carbocycles. The zero-order chi connectivity index (χ0) is 108. The summed E-state index contributed by atoms with van der Waals surface area (Å²) in [6, 6.07) is 13.0. The van der Waals surface area contributed by atoms with Crippen LogP contribution in [0.2, 0.25) is 0 Å². The number of nitro benzene ring substituents is 1. The zero-order valence-electron chi connectivity index (χ0n) is 82.6. The number of ether oxygens (including phenoxy) is 13. The van der Waals surface area contributed by atoms with Gasteiger partial charge in [-0.3, -0.25) is 38.9 Å². The van der Waals surface area contributed by atoms with E-state index in [9.17, 15) is 129 Å². The van der Waals surface area contributed by atoms with E-state index in [2.05, 4.69) is 85.5 Å². The molecule has 0 radical (unpaired) electrons. The first-order chi connectivity index (χ1) is 69.8. The van der Waals surface area contributed by atoms with Crippen molar-refractivity contribution in [3.63, 3.8) is 0 Å². The number of esters is 1. The number of phenolic OH excluding ortho intramolecular Hbond substituents is 2. The summed E-state index contributed by atoms with van der Waals surface area (Å²) >= 11 is 0. The Morgan fingerprint density at radius 2 is 1.28 bits per heavy atom. The minimum atomic E-state index is -5.57. The molecule has 1 aromatic heterocycles. The van der Waals surface area contributed by atoms with Crippen LogP contribution in [0, 0.1) is 27.4 Å². The number of aromatic hydroxyl groups is 2. The van der Waals surface area contributed by atoms with Crippen molar-refractivity contribution in [1.82, 2.24) is 30.7 Å². The van der Waals surface area contributed by atoms with Crippen LogP contribution in [0.4, 0.5) is 10.5 Å². The Labute approximate surface area is 852 Å². The highest BCUT2D eigenvalue weighted by Gasteiger charge is 2.62. The molecule has 52 heteroatoms. The number of hydrogen-bond acceptors (Lipinski definition) is 41. The number of rotatable bonds is 45. The van der Waals surface area contributed by atoms with Gasteiger partial charge in [0.1, 0.15) is 121 Å². The van der Waals surface area contributed by atoms with Crippen molar-refractivity contribution in [3.05, 3.63) is 187 Å². The van der Waals surface area contributed by atoms with Crippen LogP contribution < -0.4 is 32.2 Å². The SMILES string of the molecule is C=C(C/C=C(\C)CCC=C(C)C)CCC(C)(C)/C=C/CC/C(C)=C\CO[C@H](CO[P+](O)(O)OC1OC(C(N)=O)C(C)C(OC(N)=O)C1OC1OC(OC2OC(CO)C(O)C(O)C2O)C(OC2OC(C)C(OC3OC(c4nc(C(=O)CCC(=O)O)nn4-c4ccc([N+](=O)[O-])c(C(=O)NCCNC(=O)c5ccc6c(c5)C(=O)OC65c6ccc(O)cc6Oc6cc(O)ccc65)c4)C(O)C(O)C3O)C(O)C2C)C(O)C1NC(C)=O)C(=O)O.O. The summed E-state index contributed by atoms with van der Waals surface area (Å²) in [7, 11) is -5.57. The van der Waals surface area contributed by atoms with E-state index in [1.165, 1.54) is 86.5 Å². The van der Waals surface area contributed by atoms with E-state index < -0.39 is 287 Å². The quantitative estimate of drug-likeness (QED) is 0.00506. The predicted molar refractivity (Wildman–Crippen MR) is 511 cm³/mol.